The Hall–Kier alpha value is -2.24. The lowest BCUT2D eigenvalue weighted by atomic mass is 10.2. The van der Waals surface area contributed by atoms with E-state index < -0.39 is 0 Å². The number of rotatable bonds is 5. The second kappa shape index (κ2) is 7.85. The molecule has 2 aromatic rings. The van der Waals surface area contributed by atoms with E-state index in [1.165, 1.54) is 6.92 Å². The Labute approximate surface area is 144 Å². The smallest absolute Gasteiger partial charge is 0.243 e. The highest BCUT2D eigenvalue weighted by Crippen LogP contribution is 2.22. The zero-order valence-corrected chi connectivity index (χ0v) is 13.8. The third-order valence-electron chi connectivity index (χ3n) is 2.78. The molecule has 2 aromatic carbocycles. The predicted molar refractivity (Wildman–Crippen MR) is 94.3 cm³/mol. The predicted octanol–water partition coefficient (Wildman–Crippen LogP) is 4.00. The molecule has 3 N–H and O–H groups in total. The highest BCUT2D eigenvalue weighted by atomic mass is 35.5. The van der Waals surface area contributed by atoms with Gasteiger partial charge in [-0.2, -0.15) is 0 Å². The van der Waals surface area contributed by atoms with E-state index in [9.17, 15) is 9.59 Å². The minimum Gasteiger partial charge on any atom is -0.376 e. The topological polar surface area (TPSA) is 70.2 Å². The molecule has 120 valence electrons. The summed E-state index contributed by atoms with van der Waals surface area (Å²) in [5.74, 6) is -0.397. The van der Waals surface area contributed by atoms with Crippen LogP contribution in [0.1, 0.15) is 6.92 Å². The van der Waals surface area contributed by atoms with Gasteiger partial charge in [-0.05, 0) is 36.4 Å². The van der Waals surface area contributed by atoms with E-state index >= 15 is 0 Å². The van der Waals surface area contributed by atoms with Gasteiger partial charge in [0, 0.05) is 34.0 Å². The van der Waals surface area contributed by atoms with Crippen LogP contribution in [0.3, 0.4) is 0 Å². The molecule has 0 saturated heterocycles. The number of halogens is 2. The second-order valence-electron chi connectivity index (χ2n) is 4.82. The average molecular weight is 352 g/mol. The van der Waals surface area contributed by atoms with Crippen LogP contribution in [-0.4, -0.2) is 18.4 Å². The molecule has 0 unspecified atom stereocenters. The monoisotopic (exact) mass is 351 g/mol. The van der Waals surface area contributed by atoms with Gasteiger partial charge in [0.1, 0.15) is 0 Å². The lowest BCUT2D eigenvalue weighted by molar-refractivity contribution is -0.115. The first kappa shape index (κ1) is 17.1. The van der Waals surface area contributed by atoms with Crippen LogP contribution in [0.25, 0.3) is 0 Å². The molecular formula is C16H15Cl2N3O2. The summed E-state index contributed by atoms with van der Waals surface area (Å²) in [6.45, 7) is 1.50. The van der Waals surface area contributed by atoms with Crippen molar-refractivity contribution in [3.63, 3.8) is 0 Å². The van der Waals surface area contributed by atoms with Gasteiger partial charge >= 0.3 is 0 Å². The van der Waals surface area contributed by atoms with Gasteiger partial charge in [0.25, 0.3) is 0 Å². The molecule has 0 spiro atoms. The van der Waals surface area contributed by atoms with Crippen molar-refractivity contribution in [2.45, 2.75) is 6.92 Å². The highest BCUT2D eigenvalue weighted by Gasteiger charge is 2.05. The van der Waals surface area contributed by atoms with E-state index in [4.69, 9.17) is 23.2 Å². The number of hydrogen-bond acceptors (Lipinski definition) is 3. The van der Waals surface area contributed by atoms with Crippen LogP contribution in [0, 0.1) is 0 Å². The molecule has 0 saturated carbocycles. The molecule has 0 bridgehead atoms. The molecule has 0 aliphatic carbocycles. The molecule has 0 radical (unpaired) electrons. The minimum absolute atomic E-state index is 0.0632. The van der Waals surface area contributed by atoms with Crippen molar-refractivity contribution < 1.29 is 9.59 Å². The van der Waals surface area contributed by atoms with Crippen LogP contribution in [0.5, 0.6) is 0 Å². The molecule has 0 fully saturated rings. The van der Waals surface area contributed by atoms with E-state index in [1.807, 2.05) is 0 Å². The van der Waals surface area contributed by atoms with Crippen LogP contribution >= 0.6 is 23.2 Å². The van der Waals surface area contributed by atoms with Gasteiger partial charge in [-0.25, -0.2) is 0 Å². The minimum atomic E-state index is -0.242. The molecule has 0 atom stereocenters. The van der Waals surface area contributed by atoms with Gasteiger partial charge in [-0.3, -0.25) is 9.59 Å². The summed E-state index contributed by atoms with van der Waals surface area (Å²) >= 11 is 11.8. The molecule has 2 rings (SSSR count). The Morgan fingerprint density at radius 3 is 2.22 bits per heavy atom. The summed E-state index contributed by atoms with van der Waals surface area (Å²) in [6, 6.07) is 11.9. The maximum atomic E-state index is 11.9. The first-order chi connectivity index (χ1) is 10.9. The van der Waals surface area contributed by atoms with Crippen molar-refractivity contribution in [3.05, 3.63) is 52.5 Å². The SMILES string of the molecule is CC(=O)Nc1cccc(NCC(=O)Nc2cc(Cl)cc(Cl)c2)c1. The van der Waals surface area contributed by atoms with Gasteiger partial charge in [0.15, 0.2) is 0 Å². The lowest BCUT2D eigenvalue weighted by Crippen LogP contribution is -2.21. The van der Waals surface area contributed by atoms with E-state index in [0.717, 1.165) is 5.69 Å². The van der Waals surface area contributed by atoms with Crippen molar-refractivity contribution in [2.75, 3.05) is 22.5 Å². The van der Waals surface area contributed by atoms with Crippen molar-refractivity contribution >= 4 is 52.1 Å². The molecule has 7 heteroatoms. The molecule has 0 heterocycles. The van der Waals surface area contributed by atoms with Gasteiger partial charge in [-0.1, -0.05) is 29.3 Å². The maximum absolute atomic E-state index is 11.9. The van der Waals surface area contributed by atoms with Crippen LogP contribution in [0.2, 0.25) is 10.0 Å². The summed E-state index contributed by atoms with van der Waals surface area (Å²) in [4.78, 5) is 23.0. The summed E-state index contributed by atoms with van der Waals surface area (Å²) in [5, 5.41) is 9.25. The maximum Gasteiger partial charge on any atom is 0.243 e. The van der Waals surface area contributed by atoms with Crippen LogP contribution in [-0.2, 0) is 9.59 Å². The van der Waals surface area contributed by atoms with Gasteiger partial charge in [-0.15, -0.1) is 0 Å². The van der Waals surface area contributed by atoms with Crippen molar-refractivity contribution in [3.8, 4) is 0 Å². The van der Waals surface area contributed by atoms with Crippen LogP contribution in [0.15, 0.2) is 42.5 Å². The summed E-state index contributed by atoms with van der Waals surface area (Å²) in [5.41, 5.74) is 1.90. The second-order valence-corrected chi connectivity index (χ2v) is 5.69. The molecule has 23 heavy (non-hydrogen) atoms. The van der Waals surface area contributed by atoms with Crippen LogP contribution < -0.4 is 16.0 Å². The number of carbonyl (C=O) groups excluding carboxylic acids is 2. The fraction of sp³-hybridized carbons (Fsp3) is 0.125. The fourth-order valence-electron chi connectivity index (χ4n) is 1.92. The highest BCUT2D eigenvalue weighted by molar-refractivity contribution is 6.35. The third kappa shape index (κ3) is 5.81. The van der Waals surface area contributed by atoms with E-state index in [2.05, 4.69) is 16.0 Å². The normalized spacial score (nSPS) is 10.0. The van der Waals surface area contributed by atoms with Crippen LogP contribution in [0.4, 0.5) is 17.1 Å². The number of amides is 2. The standard InChI is InChI=1S/C16H15Cl2N3O2/c1-10(22)20-14-4-2-3-13(8-14)19-9-16(23)21-15-6-11(17)5-12(18)7-15/h2-8,19H,9H2,1H3,(H,20,22)(H,21,23). The van der Waals surface area contributed by atoms with E-state index in [-0.39, 0.29) is 18.4 Å². The number of anilines is 3. The zero-order valence-electron chi connectivity index (χ0n) is 12.3. The van der Waals surface area contributed by atoms with E-state index in [0.29, 0.717) is 21.4 Å². The Morgan fingerprint density at radius 1 is 0.913 bits per heavy atom. The number of benzene rings is 2. The Morgan fingerprint density at radius 2 is 1.57 bits per heavy atom. The third-order valence-corrected chi connectivity index (χ3v) is 3.22. The van der Waals surface area contributed by atoms with Gasteiger partial charge < -0.3 is 16.0 Å². The van der Waals surface area contributed by atoms with Gasteiger partial charge in [0.2, 0.25) is 11.8 Å². The average Bonchev–Trinajstić information content (AvgIpc) is 2.43. The quantitative estimate of drug-likeness (QED) is 0.762. The Kier molecular flexibility index (Phi) is 5.84. The first-order valence-corrected chi connectivity index (χ1v) is 7.55. The van der Waals surface area contributed by atoms with Crippen molar-refractivity contribution in [2.24, 2.45) is 0 Å². The Balaban J connectivity index is 1.92. The molecule has 0 aliphatic rings. The van der Waals surface area contributed by atoms with Crippen molar-refractivity contribution in [1.29, 1.82) is 0 Å². The summed E-state index contributed by atoms with van der Waals surface area (Å²) in [7, 11) is 0. The number of nitrogens with one attached hydrogen (secondary N) is 3. The largest absolute Gasteiger partial charge is 0.376 e. The number of carbonyl (C=O) groups is 2. The molecular weight excluding hydrogens is 337 g/mol. The summed E-state index contributed by atoms with van der Waals surface area (Å²) < 4.78 is 0. The van der Waals surface area contributed by atoms with E-state index in [1.54, 1.807) is 42.5 Å². The molecule has 2 amide bonds. The first-order valence-electron chi connectivity index (χ1n) is 6.80. The summed E-state index contributed by atoms with van der Waals surface area (Å²) in [6.07, 6.45) is 0. The number of hydrogen-bond donors (Lipinski definition) is 3. The lowest BCUT2D eigenvalue weighted by Gasteiger charge is -2.10. The molecule has 0 aliphatic heterocycles. The fourth-order valence-corrected chi connectivity index (χ4v) is 2.45. The Bertz CT molecular complexity index is 715. The van der Waals surface area contributed by atoms with Gasteiger partial charge in [0.05, 0.1) is 6.54 Å². The van der Waals surface area contributed by atoms with Crippen molar-refractivity contribution in [1.82, 2.24) is 0 Å². The zero-order chi connectivity index (χ0) is 16.8. The molecule has 5 nitrogen and oxygen atoms in total. The molecule has 0 aromatic heterocycles.